The van der Waals surface area contributed by atoms with Crippen molar-refractivity contribution in [3.8, 4) is 11.8 Å². The minimum atomic E-state index is 0.129. The van der Waals surface area contributed by atoms with Gasteiger partial charge >= 0.3 is 6.03 Å². The van der Waals surface area contributed by atoms with Crippen molar-refractivity contribution in [3.63, 3.8) is 0 Å². The lowest BCUT2D eigenvalue weighted by Gasteiger charge is -2.33. The summed E-state index contributed by atoms with van der Waals surface area (Å²) in [6, 6.07) is 12.5. The molecule has 2 heterocycles. The Morgan fingerprint density at radius 3 is 2.64 bits per heavy atom. The van der Waals surface area contributed by atoms with E-state index in [-0.39, 0.29) is 6.03 Å². The lowest BCUT2D eigenvalue weighted by atomic mass is 10.1. The van der Waals surface area contributed by atoms with Crippen LogP contribution in [0.2, 0.25) is 0 Å². The molecule has 4 heteroatoms. The van der Waals surface area contributed by atoms with Crippen molar-refractivity contribution in [3.05, 3.63) is 58.9 Å². The molecular weight excluding hydrogens is 310 g/mol. The Labute approximate surface area is 150 Å². The maximum absolute atomic E-state index is 12.5. The minimum Gasteiger partial charge on any atom is -0.335 e. The largest absolute Gasteiger partial charge is 0.335 e. The predicted molar refractivity (Wildman–Crippen MR) is 100 cm³/mol. The summed E-state index contributed by atoms with van der Waals surface area (Å²) in [7, 11) is 0. The van der Waals surface area contributed by atoms with Gasteiger partial charge in [0, 0.05) is 37.4 Å². The number of aromatic nitrogens is 1. The average molecular weight is 335 g/mol. The highest BCUT2D eigenvalue weighted by Gasteiger charge is 2.24. The zero-order valence-corrected chi connectivity index (χ0v) is 15.2. The second kappa shape index (κ2) is 7.48. The topological polar surface area (TPSA) is 28.5 Å². The molecule has 0 aliphatic carbocycles. The molecule has 0 bridgehead atoms. The van der Waals surface area contributed by atoms with Crippen LogP contribution >= 0.6 is 0 Å². The molecule has 2 amide bonds. The number of nitrogens with zero attached hydrogens (tertiary/aromatic N) is 3. The number of carbonyl (C=O) groups is 1. The van der Waals surface area contributed by atoms with Crippen molar-refractivity contribution < 1.29 is 4.79 Å². The summed E-state index contributed by atoms with van der Waals surface area (Å²) in [5, 5.41) is 0. The Balaban J connectivity index is 1.76. The molecule has 1 aliphatic heterocycles. The van der Waals surface area contributed by atoms with Crippen molar-refractivity contribution in [2.75, 3.05) is 19.6 Å². The molecule has 0 atom stereocenters. The van der Waals surface area contributed by atoms with Crippen molar-refractivity contribution in [2.24, 2.45) is 0 Å². The van der Waals surface area contributed by atoms with E-state index in [0.29, 0.717) is 6.54 Å². The van der Waals surface area contributed by atoms with Crippen LogP contribution in [-0.4, -0.2) is 40.0 Å². The van der Waals surface area contributed by atoms with E-state index in [9.17, 15) is 4.79 Å². The van der Waals surface area contributed by atoms with Gasteiger partial charge in [-0.15, -0.1) is 0 Å². The van der Waals surface area contributed by atoms with Gasteiger partial charge in [-0.3, -0.25) is 0 Å². The maximum Gasteiger partial charge on any atom is 0.320 e. The van der Waals surface area contributed by atoms with Gasteiger partial charge in [-0.2, -0.15) is 0 Å². The third-order valence-electron chi connectivity index (χ3n) is 4.67. The number of rotatable bonds is 2. The van der Waals surface area contributed by atoms with Crippen LogP contribution in [0, 0.1) is 18.8 Å². The fraction of sp³-hybridized carbons (Fsp3) is 0.381. The van der Waals surface area contributed by atoms with E-state index >= 15 is 0 Å². The molecule has 0 saturated heterocycles. The number of carbonyl (C=O) groups excluding carboxylic acids is 1. The Kier molecular flexibility index (Phi) is 5.14. The zero-order valence-electron chi connectivity index (χ0n) is 15.2. The Bertz CT molecular complexity index is 821. The number of hydrogen-bond acceptors (Lipinski definition) is 1. The molecule has 3 rings (SSSR count). The second-order valence-corrected chi connectivity index (χ2v) is 6.36. The number of benzene rings is 1. The summed E-state index contributed by atoms with van der Waals surface area (Å²) >= 11 is 0. The first kappa shape index (κ1) is 17.2. The number of amides is 2. The van der Waals surface area contributed by atoms with Gasteiger partial charge in [0.05, 0.1) is 12.2 Å². The summed E-state index contributed by atoms with van der Waals surface area (Å²) in [6.45, 7) is 9.80. The first-order valence-corrected chi connectivity index (χ1v) is 8.93. The fourth-order valence-corrected chi connectivity index (χ4v) is 3.23. The number of aryl methyl sites for hydroxylation is 1. The molecule has 1 aromatic heterocycles. The van der Waals surface area contributed by atoms with Crippen molar-refractivity contribution in [1.82, 2.24) is 14.4 Å². The standard InChI is InChI=1S/C21H25N3O/c1-4-22(5-2)21(25)23-13-14-24-19(11-12-20(24)16-23)10-9-18-8-6-7-17(3)15-18/h6-8,11-12,15H,4-5,13-14,16H2,1-3H3. The van der Waals surface area contributed by atoms with Crippen LogP contribution in [0.25, 0.3) is 0 Å². The molecule has 130 valence electrons. The second-order valence-electron chi connectivity index (χ2n) is 6.36. The summed E-state index contributed by atoms with van der Waals surface area (Å²) in [4.78, 5) is 16.3. The van der Waals surface area contributed by atoms with Gasteiger partial charge in [-0.25, -0.2) is 4.79 Å². The highest BCUT2D eigenvalue weighted by atomic mass is 16.2. The molecule has 1 aliphatic rings. The van der Waals surface area contributed by atoms with Crippen LogP contribution in [-0.2, 0) is 13.1 Å². The van der Waals surface area contributed by atoms with Gasteiger partial charge in [0.15, 0.2) is 0 Å². The van der Waals surface area contributed by atoms with Crippen molar-refractivity contribution >= 4 is 6.03 Å². The van der Waals surface area contributed by atoms with Crippen LogP contribution in [0.3, 0.4) is 0 Å². The molecule has 0 unspecified atom stereocenters. The van der Waals surface area contributed by atoms with Gasteiger partial charge in [-0.05, 0) is 56.5 Å². The normalized spacial score (nSPS) is 13.0. The molecular formula is C21H25N3O. The van der Waals surface area contributed by atoms with Gasteiger partial charge in [0.1, 0.15) is 0 Å². The third kappa shape index (κ3) is 3.71. The Morgan fingerprint density at radius 1 is 1.12 bits per heavy atom. The van der Waals surface area contributed by atoms with Crippen LogP contribution in [0.1, 0.15) is 36.4 Å². The van der Waals surface area contributed by atoms with E-state index in [2.05, 4.69) is 47.6 Å². The van der Waals surface area contributed by atoms with Crippen LogP contribution in [0.5, 0.6) is 0 Å². The third-order valence-corrected chi connectivity index (χ3v) is 4.67. The van der Waals surface area contributed by atoms with E-state index in [1.54, 1.807) is 0 Å². The molecule has 0 radical (unpaired) electrons. The summed E-state index contributed by atoms with van der Waals surface area (Å²) in [5.74, 6) is 6.53. The number of fused-ring (bicyclic) bond motifs is 1. The molecule has 0 spiro atoms. The first-order chi connectivity index (χ1) is 12.1. The van der Waals surface area contributed by atoms with E-state index in [1.165, 1.54) is 5.56 Å². The van der Waals surface area contributed by atoms with E-state index in [4.69, 9.17) is 0 Å². The van der Waals surface area contributed by atoms with Crippen molar-refractivity contribution in [2.45, 2.75) is 33.9 Å². The van der Waals surface area contributed by atoms with Crippen LogP contribution in [0.15, 0.2) is 36.4 Å². The van der Waals surface area contributed by atoms with Gasteiger partial charge in [-0.1, -0.05) is 18.1 Å². The predicted octanol–water partition coefficient (Wildman–Crippen LogP) is 3.47. The quantitative estimate of drug-likeness (QED) is 0.773. The molecule has 0 N–H and O–H groups in total. The van der Waals surface area contributed by atoms with E-state index in [1.807, 2.05) is 35.8 Å². The van der Waals surface area contributed by atoms with Crippen LogP contribution < -0.4 is 0 Å². The Morgan fingerprint density at radius 2 is 1.92 bits per heavy atom. The molecule has 25 heavy (non-hydrogen) atoms. The van der Waals surface area contributed by atoms with Gasteiger partial charge < -0.3 is 14.4 Å². The highest BCUT2D eigenvalue weighted by Crippen LogP contribution is 2.18. The van der Waals surface area contributed by atoms with Crippen LogP contribution in [0.4, 0.5) is 4.79 Å². The summed E-state index contributed by atoms with van der Waals surface area (Å²) in [5.41, 5.74) is 4.42. The zero-order chi connectivity index (χ0) is 17.8. The van der Waals surface area contributed by atoms with E-state index < -0.39 is 0 Å². The highest BCUT2D eigenvalue weighted by molar-refractivity contribution is 5.74. The smallest absolute Gasteiger partial charge is 0.320 e. The number of urea groups is 1. The van der Waals surface area contributed by atoms with Crippen molar-refractivity contribution in [1.29, 1.82) is 0 Å². The molecule has 0 fully saturated rings. The first-order valence-electron chi connectivity index (χ1n) is 8.93. The SMILES string of the molecule is CCN(CC)C(=O)N1CCn2c(C#Cc3cccc(C)c3)ccc2C1. The Hall–Kier alpha value is -2.67. The average Bonchev–Trinajstić information content (AvgIpc) is 3.03. The summed E-state index contributed by atoms with van der Waals surface area (Å²) < 4.78 is 2.23. The monoisotopic (exact) mass is 335 g/mol. The van der Waals surface area contributed by atoms with Gasteiger partial charge in [0.25, 0.3) is 0 Å². The van der Waals surface area contributed by atoms with E-state index in [0.717, 1.165) is 43.1 Å². The lowest BCUT2D eigenvalue weighted by molar-refractivity contribution is 0.145. The van der Waals surface area contributed by atoms with Gasteiger partial charge in [0.2, 0.25) is 0 Å². The fourth-order valence-electron chi connectivity index (χ4n) is 3.23. The molecule has 2 aromatic rings. The molecule has 4 nitrogen and oxygen atoms in total. The molecule has 0 saturated carbocycles. The minimum absolute atomic E-state index is 0.129. The maximum atomic E-state index is 12.5. The number of hydrogen-bond donors (Lipinski definition) is 0. The summed E-state index contributed by atoms with van der Waals surface area (Å²) in [6.07, 6.45) is 0. The lowest BCUT2D eigenvalue weighted by Crippen LogP contribution is -2.46. The molecule has 1 aromatic carbocycles.